The number of hydrogen-bond donors (Lipinski definition) is 1. The molecule has 0 fully saturated rings. The molecule has 1 amide bonds. The van der Waals surface area contributed by atoms with Crippen LogP contribution in [0.15, 0.2) is 18.3 Å². The molecular weight excluding hydrogens is 268 g/mol. The molecule has 0 spiro atoms. The lowest BCUT2D eigenvalue weighted by Crippen LogP contribution is -2.30. The Labute approximate surface area is 117 Å². The van der Waals surface area contributed by atoms with Gasteiger partial charge < -0.3 is 10.1 Å². The number of carbonyl (C=O) groups excluding carboxylic acids is 2. The average molecular weight is 285 g/mol. The van der Waals surface area contributed by atoms with E-state index in [4.69, 9.17) is 16.3 Å². The van der Waals surface area contributed by atoms with Gasteiger partial charge >= 0.3 is 5.97 Å². The van der Waals surface area contributed by atoms with E-state index in [9.17, 15) is 9.59 Å². The van der Waals surface area contributed by atoms with Crippen LogP contribution in [0.2, 0.25) is 5.15 Å². The van der Waals surface area contributed by atoms with E-state index in [0.717, 1.165) is 6.42 Å². The van der Waals surface area contributed by atoms with Gasteiger partial charge in [0.25, 0.3) is 5.91 Å². The molecule has 1 aromatic rings. The second-order valence-electron chi connectivity index (χ2n) is 4.45. The Hall–Kier alpha value is -1.62. The number of ether oxygens (including phenoxy) is 1. The summed E-state index contributed by atoms with van der Waals surface area (Å²) in [6.07, 6.45) is 2.35. The fraction of sp³-hybridized carbons (Fsp3) is 0.462. The smallest absolute Gasteiger partial charge is 0.341 e. The van der Waals surface area contributed by atoms with Crippen LogP contribution in [0.4, 0.5) is 0 Å². The number of esters is 1. The molecule has 104 valence electrons. The molecule has 0 bridgehead atoms. The van der Waals surface area contributed by atoms with Crippen molar-refractivity contribution in [2.75, 3.05) is 13.2 Å². The minimum atomic E-state index is -0.655. The summed E-state index contributed by atoms with van der Waals surface area (Å²) < 4.78 is 4.85. The Morgan fingerprint density at radius 3 is 2.84 bits per heavy atom. The maximum Gasteiger partial charge on any atom is 0.341 e. The van der Waals surface area contributed by atoms with E-state index in [2.05, 4.69) is 24.1 Å². The molecule has 0 saturated carbocycles. The van der Waals surface area contributed by atoms with Crippen LogP contribution in [-0.2, 0) is 9.53 Å². The van der Waals surface area contributed by atoms with Gasteiger partial charge in [0, 0.05) is 12.7 Å². The second-order valence-corrected chi connectivity index (χ2v) is 4.81. The average Bonchev–Trinajstić information content (AvgIpc) is 2.36. The lowest BCUT2D eigenvalue weighted by Gasteiger charge is -2.08. The highest BCUT2D eigenvalue weighted by atomic mass is 35.5. The maximum atomic E-state index is 11.6. The van der Waals surface area contributed by atoms with Gasteiger partial charge in [-0.2, -0.15) is 0 Å². The van der Waals surface area contributed by atoms with Crippen LogP contribution in [0.3, 0.4) is 0 Å². The zero-order chi connectivity index (χ0) is 14.3. The van der Waals surface area contributed by atoms with E-state index in [0.29, 0.717) is 12.5 Å². The van der Waals surface area contributed by atoms with Gasteiger partial charge in [-0.25, -0.2) is 9.78 Å². The van der Waals surface area contributed by atoms with Gasteiger partial charge in [-0.3, -0.25) is 4.79 Å². The quantitative estimate of drug-likeness (QED) is 0.641. The molecule has 0 aromatic carbocycles. The third kappa shape index (κ3) is 5.70. The molecule has 0 saturated heterocycles. The number of aromatic nitrogens is 1. The van der Waals surface area contributed by atoms with Crippen molar-refractivity contribution in [3.63, 3.8) is 0 Å². The number of rotatable bonds is 6. The Morgan fingerprint density at radius 1 is 1.47 bits per heavy atom. The fourth-order valence-electron chi connectivity index (χ4n) is 1.30. The van der Waals surface area contributed by atoms with E-state index in [1.54, 1.807) is 6.07 Å². The lowest BCUT2D eigenvalue weighted by molar-refractivity contribution is -0.124. The van der Waals surface area contributed by atoms with Crippen LogP contribution in [0.25, 0.3) is 0 Å². The normalized spacial score (nSPS) is 10.3. The fourth-order valence-corrected chi connectivity index (χ4v) is 1.49. The van der Waals surface area contributed by atoms with Gasteiger partial charge in [-0.05, 0) is 24.5 Å². The molecule has 0 aliphatic carbocycles. The van der Waals surface area contributed by atoms with Gasteiger partial charge in [0.05, 0.1) is 5.56 Å². The Balaban J connectivity index is 2.34. The summed E-state index contributed by atoms with van der Waals surface area (Å²) in [6.45, 7) is 4.39. The number of nitrogens with zero attached hydrogens (tertiary/aromatic N) is 1. The first-order valence-corrected chi connectivity index (χ1v) is 6.43. The first-order valence-electron chi connectivity index (χ1n) is 6.05. The molecule has 1 rings (SSSR count). The van der Waals surface area contributed by atoms with Crippen LogP contribution in [-0.4, -0.2) is 30.0 Å². The van der Waals surface area contributed by atoms with Crippen molar-refractivity contribution in [2.24, 2.45) is 5.92 Å². The molecule has 1 N–H and O–H groups in total. The molecule has 19 heavy (non-hydrogen) atoms. The number of hydrogen-bond acceptors (Lipinski definition) is 4. The third-order valence-electron chi connectivity index (χ3n) is 2.36. The lowest BCUT2D eigenvalue weighted by atomic mass is 10.1. The van der Waals surface area contributed by atoms with Gasteiger partial charge in [-0.1, -0.05) is 25.4 Å². The van der Waals surface area contributed by atoms with E-state index in [-0.39, 0.29) is 23.2 Å². The van der Waals surface area contributed by atoms with Crippen LogP contribution >= 0.6 is 11.6 Å². The minimum absolute atomic E-state index is 0.0627. The number of halogens is 1. The zero-order valence-electron chi connectivity index (χ0n) is 11.0. The van der Waals surface area contributed by atoms with Gasteiger partial charge in [-0.15, -0.1) is 0 Å². The van der Waals surface area contributed by atoms with Gasteiger partial charge in [0.2, 0.25) is 0 Å². The second kappa shape index (κ2) is 7.74. The topological polar surface area (TPSA) is 68.3 Å². The highest BCUT2D eigenvalue weighted by Crippen LogP contribution is 2.12. The van der Waals surface area contributed by atoms with Gasteiger partial charge in [0.15, 0.2) is 6.61 Å². The number of carbonyl (C=O) groups is 2. The highest BCUT2D eigenvalue weighted by Gasteiger charge is 2.13. The SMILES string of the molecule is CC(C)CCNC(=O)COC(=O)c1cccnc1Cl. The summed E-state index contributed by atoms with van der Waals surface area (Å²) in [6, 6.07) is 3.07. The van der Waals surface area contributed by atoms with Crippen LogP contribution in [0, 0.1) is 5.92 Å². The first-order chi connectivity index (χ1) is 9.00. The van der Waals surface area contributed by atoms with Crippen LogP contribution < -0.4 is 5.32 Å². The molecule has 0 aliphatic heterocycles. The molecule has 0 unspecified atom stereocenters. The van der Waals surface area contributed by atoms with Crippen molar-refractivity contribution in [3.8, 4) is 0 Å². The summed E-state index contributed by atoms with van der Waals surface area (Å²) in [5, 5.41) is 2.73. The van der Waals surface area contributed by atoms with Crippen molar-refractivity contribution in [1.82, 2.24) is 10.3 Å². The molecule has 1 aromatic heterocycles. The van der Waals surface area contributed by atoms with Crippen LogP contribution in [0.5, 0.6) is 0 Å². The largest absolute Gasteiger partial charge is 0.452 e. The molecule has 0 atom stereocenters. The highest BCUT2D eigenvalue weighted by molar-refractivity contribution is 6.32. The Kier molecular flexibility index (Phi) is 6.29. The predicted molar refractivity (Wildman–Crippen MR) is 72.0 cm³/mol. The van der Waals surface area contributed by atoms with Crippen molar-refractivity contribution >= 4 is 23.5 Å². The molecule has 6 heteroatoms. The number of pyridine rings is 1. The summed E-state index contributed by atoms with van der Waals surface area (Å²) in [5.41, 5.74) is 0.152. The summed E-state index contributed by atoms with van der Waals surface area (Å²) >= 11 is 5.74. The number of nitrogens with one attached hydrogen (secondary N) is 1. The Bertz CT molecular complexity index is 449. The monoisotopic (exact) mass is 284 g/mol. The van der Waals surface area contributed by atoms with Crippen molar-refractivity contribution in [1.29, 1.82) is 0 Å². The number of amides is 1. The first kappa shape index (κ1) is 15.4. The molecule has 0 aliphatic rings. The summed E-state index contributed by atoms with van der Waals surface area (Å²) in [4.78, 5) is 26.8. The van der Waals surface area contributed by atoms with E-state index < -0.39 is 5.97 Å². The van der Waals surface area contributed by atoms with Crippen LogP contribution in [0.1, 0.15) is 30.6 Å². The zero-order valence-corrected chi connectivity index (χ0v) is 11.7. The van der Waals surface area contributed by atoms with Crippen molar-refractivity contribution in [3.05, 3.63) is 29.0 Å². The Morgan fingerprint density at radius 2 is 2.21 bits per heavy atom. The standard InChI is InChI=1S/C13H17ClN2O3/c1-9(2)5-7-15-11(17)8-19-13(18)10-4-3-6-16-12(10)14/h3-4,6,9H,5,7-8H2,1-2H3,(H,15,17). The van der Waals surface area contributed by atoms with Gasteiger partial charge in [0.1, 0.15) is 5.15 Å². The summed E-state index contributed by atoms with van der Waals surface area (Å²) in [7, 11) is 0. The summed E-state index contributed by atoms with van der Waals surface area (Å²) in [5.74, 6) is -0.469. The molecular formula is C13H17ClN2O3. The molecule has 5 nitrogen and oxygen atoms in total. The van der Waals surface area contributed by atoms with E-state index in [1.165, 1.54) is 12.3 Å². The van der Waals surface area contributed by atoms with Crippen molar-refractivity contribution < 1.29 is 14.3 Å². The third-order valence-corrected chi connectivity index (χ3v) is 2.66. The van der Waals surface area contributed by atoms with E-state index in [1.807, 2.05) is 0 Å². The van der Waals surface area contributed by atoms with E-state index >= 15 is 0 Å². The maximum absolute atomic E-state index is 11.6. The molecule has 0 radical (unpaired) electrons. The van der Waals surface area contributed by atoms with Crippen molar-refractivity contribution in [2.45, 2.75) is 20.3 Å². The predicted octanol–water partition coefficient (Wildman–Crippen LogP) is 2.05. The molecule has 1 heterocycles. The minimum Gasteiger partial charge on any atom is -0.452 e.